The Kier molecular flexibility index (Phi) is 3.94. The standard InChI is InChI=1S/C12H9BrF2N2O2/c13-12-16-9(3-4-10(18)19)11(17-12)7-2-1-6(14)5-8(7)15/h1-2,5H,3-4H2,(H,16,17)(H,18,19). The van der Waals surface area contributed by atoms with Gasteiger partial charge in [-0.3, -0.25) is 4.79 Å². The molecule has 0 saturated carbocycles. The number of aliphatic carboxylic acids is 1. The molecule has 0 saturated heterocycles. The van der Waals surface area contributed by atoms with Gasteiger partial charge in [0.25, 0.3) is 0 Å². The molecule has 0 bridgehead atoms. The van der Waals surface area contributed by atoms with Gasteiger partial charge >= 0.3 is 5.97 Å². The number of hydrogen-bond acceptors (Lipinski definition) is 2. The van der Waals surface area contributed by atoms with Gasteiger partial charge in [0.15, 0.2) is 4.73 Å². The molecule has 2 rings (SSSR count). The Morgan fingerprint density at radius 2 is 2.16 bits per heavy atom. The van der Waals surface area contributed by atoms with Crippen molar-refractivity contribution in [2.45, 2.75) is 12.8 Å². The zero-order chi connectivity index (χ0) is 14.0. The van der Waals surface area contributed by atoms with Gasteiger partial charge < -0.3 is 10.1 Å². The van der Waals surface area contributed by atoms with Crippen molar-refractivity contribution in [2.75, 3.05) is 0 Å². The highest BCUT2D eigenvalue weighted by Gasteiger charge is 2.16. The number of aryl methyl sites for hydroxylation is 1. The number of carbonyl (C=O) groups is 1. The summed E-state index contributed by atoms with van der Waals surface area (Å²) >= 11 is 3.12. The lowest BCUT2D eigenvalue weighted by Crippen LogP contribution is -1.99. The summed E-state index contributed by atoms with van der Waals surface area (Å²) in [5.74, 6) is -2.38. The molecule has 2 aromatic rings. The van der Waals surface area contributed by atoms with Crippen LogP contribution >= 0.6 is 15.9 Å². The molecule has 2 N–H and O–H groups in total. The molecule has 0 amide bonds. The van der Waals surface area contributed by atoms with Gasteiger partial charge in [-0.2, -0.15) is 0 Å². The van der Waals surface area contributed by atoms with E-state index in [0.717, 1.165) is 12.1 Å². The number of imidazole rings is 1. The number of aromatic nitrogens is 2. The number of aromatic amines is 1. The highest BCUT2D eigenvalue weighted by Crippen LogP contribution is 2.27. The Bertz CT molecular complexity index is 628. The minimum atomic E-state index is -0.962. The van der Waals surface area contributed by atoms with E-state index in [1.54, 1.807) is 0 Å². The predicted molar refractivity (Wildman–Crippen MR) is 67.6 cm³/mol. The SMILES string of the molecule is O=C(O)CCc1[nH]c(Br)nc1-c1ccc(F)cc1F. The number of halogens is 3. The number of carboxylic acids is 1. The summed E-state index contributed by atoms with van der Waals surface area (Å²) in [7, 11) is 0. The summed E-state index contributed by atoms with van der Waals surface area (Å²) in [5, 5.41) is 8.66. The molecule has 1 aromatic heterocycles. The Balaban J connectivity index is 2.40. The molecule has 0 fully saturated rings. The molecule has 1 heterocycles. The Hall–Kier alpha value is -1.76. The fourth-order valence-electron chi connectivity index (χ4n) is 1.69. The number of rotatable bonds is 4. The number of benzene rings is 1. The molecular weight excluding hydrogens is 322 g/mol. The number of H-pyrrole nitrogens is 1. The largest absolute Gasteiger partial charge is 0.481 e. The van der Waals surface area contributed by atoms with Crippen LogP contribution in [0.3, 0.4) is 0 Å². The van der Waals surface area contributed by atoms with Gasteiger partial charge in [0.2, 0.25) is 0 Å². The molecule has 0 atom stereocenters. The maximum Gasteiger partial charge on any atom is 0.303 e. The smallest absolute Gasteiger partial charge is 0.303 e. The van der Waals surface area contributed by atoms with Crippen LogP contribution in [0.5, 0.6) is 0 Å². The van der Waals surface area contributed by atoms with E-state index in [-0.39, 0.29) is 24.1 Å². The lowest BCUT2D eigenvalue weighted by molar-refractivity contribution is -0.136. The summed E-state index contributed by atoms with van der Waals surface area (Å²) < 4.78 is 26.9. The third-order valence-corrected chi connectivity index (χ3v) is 2.90. The maximum atomic E-state index is 13.7. The Labute approximate surface area is 115 Å². The normalized spacial score (nSPS) is 10.7. The predicted octanol–water partition coefficient (Wildman–Crippen LogP) is 3.13. The van der Waals surface area contributed by atoms with Crippen molar-refractivity contribution in [3.05, 3.63) is 40.3 Å². The molecule has 0 aliphatic carbocycles. The van der Waals surface area contributed by atoms with Crippen LogP contribution in [0.25, 0.3) is 11.3 Å². The zero-order valence-electron chi connectivity index (χ0n) is 9.58. The van der Waals surface area contributed by atoms with E-state index in [2.05, 4.69) is 25.9 Å². The van der Waals surface area contributed by atoms with Gasteiger partial charge in [0.05, 0.1) is 12.1 Å². The molecule has 100 valence electrons. The second kappa shape index (κ2) is 5.48. The van der Waals surface area contributed by atoms with Crippen molar-refractivity contribution in [2.24, 2.45) is 0 Å². The first kappa shape index (κ1) is 13.7. The Morgan fingerprint density at radius 1 is 1.42 bits per heavy atom. The van der Waals surface area contributed by atoms with Gasteiger partial charge in [-0.05, 0) is 28.1 Å². The molecule has 1 aromatic carbocycles. The number of carboxylic acid groups (broad SMARTS) is 1. The number of hydrogen-bond donors (Lipinski definition) is 2. The molecule has 0 aliphatic rings. The van der Waals surface area contributed by atoms with Crippen LogP contribution in [-0.2, 0) is 11.2 Å². The summed E-state index contributed by atoms with van der Waals surface area (Å²) in [6.45, 7) is 0. The first-order valence-corrected chi connectivity index (χ1v) is 6.18. The van der Waals surface area contributed by atoms with E-state index < -0.39 is 17.6 Å². The fraction of sp³-hybridized carbons (Fsp3) is 0.167. The second-order valence-electron chi connectivity index (χ2n) is 3.87. The van der Waals surface area contributed by atoms with E-state index in [0.29, 0.717) is 10.4 Å². The quantitative estimate of drug-likeness (QED) is 0.905. The van der Waals surface area contributed by atoms with E-state index in [4.69, 9.17) is 5.11 Å². The summed E-state index contributed by atoms with van der Waals surface area (Å²) in [5.41, 5.74) is 0.897. The van der Waals surface area contributed by atoms with Gasteiger partial charge in [-0.15, -0.1) is 0 Å². The van der Waals surface area contributed by atoms with Crippen LogP contribution in [-0.4, -0.2) is 21.0 Å². The lowest BCUT2D eigenvalue weighted by atomic mass is 10.1. The van der Waals surface area contributed by atoms with Crippen molar-refractivity contribution in [3.63, 3.8) is 0 Å². The number of nitrogens with zero attached hydrogens (tertiary/aromatic N) is 1. The molecule has 19 heavy (non-hydrogen) atoms. The van der Waals surface area contributed by atoms with Gasteiger partial charge in [0.1, 0.15) is 11.6 Å². The topological polar surface area (TPSA) is 66.0 Å². The monoisotopic (exact) mass is 330 g/mol. The van der Waals surface area contributed by atoms with E-state index in [9.17, 15) is 13.6 Å². The van der Waals surface area contributed by atoms with Gasteiger partial charge in [0, 0.05) is 23.7 Å². The third-order valence-electron chi connectivity index (χ3n) is 2.52. The summed E-state index contributed by atoms with van der Waals surface area (Å²) in [4.78, 5) is 17.4. The van der Waals surface area contributed by atoms with Crippen molar-refractivity contribution in [3.8, 4) is 11.3 Å². The average molecular weight is 331 g/mol. The molecule has 0 radical (unpaired) electrons. The molecule has 0 unspecified atom stereocenters. The van der Waals surface area contributed by atoms with Crippen molar-refractivity contribution >= 4 is 21.9 Å². The minimum Gasteiger partial charge on any atom is -0.481 e. The maximum absolute atomic E-state index is 13.7. The zero-order valence-corrected chi connectivity index (χ0v) is 11.2. The molecule has 0 aliphatic heterocycles. The molecule has 0 spiro atoms. The Morgan fingerprint density at radius 3 is 2.79 bits per heavy atom. The van der Waals surface area contributed by atoms with Crippen LogP contribution in [0.1, 0.15) is 12.1 Å². The van der Waals surface area contributed by atoms with Gasteiger partial charge in [-0.25, -0.2) is 13.8 Å². The fourth-order valence-corrected chi connectivity index (χ4v) is 2.11. The van der Waals surface area contributed by atoms with Crippen LogP contribution in [0.2, 0.25) is 0 Å². The second-order valence-corrected chi connectivity index (χ2v) is 4.62. The molecule has 4 nitrogen and oxygen atoms in total. The molecule has 7 heteroatoms. The van der Waals surface area contributed by atoms with Crippen LogP contribution in [0.15, 0.2) is 22.9 Å². The van der Waals surface area contributed by atoms with Crippen LogP contribution in [0.4, 0.5) is 8.78 Å². The van der Waals surface area contributed by atoms with Crippen LogP contribution in [0, 0.1) is 11.6 Å². The van der Waals surface area contributed by atoms with Gasteiger partial charge in [-0.1, -0.05) is 0 Å². The van der Waals surface area contributed by atoms with Crippen molar-refractivity contribution in [1.29, 1.82) is 0 Å². The van der Waals surface area contributed by atoms with E-state index in [1.165, 1.54) is 6.07 Å². The lowest BCUT2D eigenvalue weighted by Gasteiger charge is -2.03. The average Bonchev–Trinajstić information content (AvgIpc) is 2.67. The third kappa shape index (κ3) is 3.17. The first-order valence-electron chi connectivity index (χ1n) is 5.39. The summed E-state index contributed by atoms with van der Waals surface area (Å²) in [6, 6.07) is 3.17. The van der Waals surface area contributed by atoms with Crippen LogP contribution < -0.4 is 0 Å². The minimum absolute atomic E-state index is 0.107. The van der Waals surface area contributed by atoms with E-state index in [1.807, 2.05) is 0 Å². The first-order chi connectivity index (χ1) is 8.97. The van der Waals surface area contributed by atoms with E-state index >= 15 is 0 Å². The highest BCUT2D eigenvalue weighted by atomic mass is 79.9. The molecular formula is C12H9BrF2N2O2. The van der Waals surface area contributed by atoms with Crippen molar-refractivity contribution in [1.82, 2.24) is 9.97 Å². The van der Waals surface area contributed by atoms with Crippen molar-refractivity contribution < 1.29 is 18.7 Å². The number of nitrogens with one attached hydrogen (secondary N) is 1. The summed E-state index contributed by atoms with van der Waals surface area (Å²) in [6.07, 6.45) is 0.0739. The highest BCUT2D eigenvalue weighted by molar-refractivity contribution is 9.10.